The van der Waals surface area contributed by atoms with Crippen LogP contribution in [-0.4, -0.2) is 11.9 Å². The largest absolute Gasteiger partial charge is 0.402 e. The zero-order valence-corrected chi connectivity index (χ0v) is 13.2. The van der Waals surface area contributed by atoms with Crippen LogP contribution in [0.4, 0.5) is 0 Å². The molecule has 24 heavy (non-hydrogen) atoms. The fraction of sp³-hybridized carbons (Fsp3) is 0.0476. The first-order valence-electron chi connectivity index (χ1n) is 7.78. The van der Waals surface area contributed by atoms with Crippen LogP contribution < -0.4 is 0 Å². The molecule has 0 aliphatic carbocycles. The maximum absolute atomic E-state index is 12.2. The molecule has 1 heterocycles. The lowest BCUT2D eigenvalue weighted by Gasteiger charge is -2.01. The average molecular weight is 313 g/mol. The number of ether oxygens (including phenoxy) is 1. The molecule has 0 radical (unpaired) electrons. The Morgan fingerprint density at radius 3 is 2.62 bits per heavy atom. The third kappa shape index (κ3) is 2.61. The summed E-state index contributed by atoms with van der Waals surface area (Å²) in [5.41, 5.74) is 3.18. The molecule has 0 saturated carbocycles. The Morgan fingerprint density at radius 2 is 1.75 bits per heavy atom. The van der Waals surface area contributed by atoms with Crippen molar-refractivity contribution < 1.29 is 9.53 Å². The van der Waals surface area contributed by atoms with Crippen molar-refractivity contribution in [1.29, 1.82) is 0 Å². The van der Waals surface area contributed by atoms with Gasteiger partial charge in [-0.2, -0.15) is 0 Å². The Bertz CT molecular complexity index is 1010. The van der Waals surface area contributed by atoms with Crippen molar-refractivity contribution in [3.63, 3.8) is 0 Å². The molecule has 0 N–H and O–H groups in total. The lowest BCUT2D eigenvalue weighted by atomic mass is 10.0. The number of rotatable bonds is 2. The van der Waals surface area contributed by atoms with Gasteiger partial charge in [0.15, 0.2) is 5.70 Å². The summed E-state index contributed by atoms with van der Waals surface area (Å²) in [4.78, 5) is 16.6. The van der Waals surface area contributed by atoms with Crippen LogP contribution in [0.15, 0.2) is 77.4 Å². The highest BCUT2D eigenvalue weighted by Gasteiger charge is 2.24. The SMILES string of the molecule is Cc1cccc(C2=N/C(=C/c3cccc4ccccc34)C(=O)O2)c1. The number of aliphatic imine (C=N–C) groups is 1. The smallest absolute Gasteiger partial charge is 0.363 e. The van der Waals surface area contributed by atoms with Gasteiger partial charge in [0, 0.05) is 5.56 Å². The summed E-state index contributed by atoms with van der Waals surface area (Å²) in [6.07, 6.45) is 1.79. The van der Waals surface area contributed by atoms with Crippen LogP contribution in [0.5, 0.6) is 0 Å². The first-order chi connectivity index (χ1) is 11.7. The molecule has 0 aromatic heterocycles. The number of cyclic esters (lactones) is 1. The van der Waals surface area contributed by atoms with Gasteiger partial charge in [0.1, 0.15) is 0 Å². The third-order valence-corrected chi connectivity index (χ3v) is 4.00. The minimum absolute atomic E-state index is 0.322. The van der Waals surface area contributed by atoms with Gasteiger partial charge in [-0.3, -0.25) is 0 Å². The summed E-state index contributed by atoms with van der Waals surface area (Å²) < 4.78 is 5.34. The number of aryl methyl sites for hydroxylation is 1. The monoisotopic (exact) mass is 313 g/mol. The molecule has 1 aliphatic rings. The van der Waals surface area contributed by atoms with Gasteiger partial charge >= 0.3 is 5.97 Å². The molecule has 4 rings (SSSR count). The molecule has 0 atom stereocenters. The lowest BCUT2D eigenvalue weighted by Crippen LogP contribution is -2.05. The maximum atomic E-state index is 12.2. The molecule has 0 spiro atoms. The highest BCUT2D eigenvalue weighted by Crippen LogP contribution is 2.24. The number of benzene rings is 3. The Morgan fingerprint density at radius 1 is 0.958 bits per heavy atom. The molecule has 0 fully saturated rings. The summed E-state index contributed by atoms with van der Waals surface area (Å²) in [7, 11) is 0. The van der Waals surface area contributed by atoms with Crippen LogP contribution in [0.25, 0.3) is 16.8 Å². The van der Waals surface area contributed by atoms with Crippen LogP contribution in [0.3, 0.4) is 0 Å². The van der Waals surface area contributed by atoms with E-state index in [1.165, 1.54) is 0 Å². The molecule has 3 aromatic rings. The Labute approximate surface area is 139 Å². The molecule has 3 aromatic carbocycles. The van der Waals surface area contributed by atoms with Gasteiger partial charge in [-0.25, -0.2) is 9.79 Å². The van der Waals surface area contributed by atoms with Crippen molar-refractivity contribution in [3.8, 4) is 0 Å². The minimum atomic E-state index is -0.417. The van der Waals surface area contributed by atoms with Gasteiger partial charge in [-0.05, 0) is 41.5 Å². The summed E-state index contributed by atoms with van der Waals surface area (Å²) in [5, 5.41) is 2.21. The molecular weight excluding hydrogens is 298 g/mol. The van der Waals surface area contributed by atoms with E-state index in [1.807, 2.05) is 73.7 Å². The summed E-state index contributed by atoms with van der Waals surface area (Å²) in [6.45, 7) is 1.99. The second-order valence-electron chi connectivity index (χ2n) is 5.77. The fourth-order valence-electron chi connectivity index (χ4n) is 2.83. The van der Waals surface area contributed by atoms with Gasteiger partial charge in [0.25, 0.3) is 0 Å². The van der Waals surface area contributed by atoms with E-state index in [0.29, 0.717) is 11.6 Å². The lowest BCUT2D eigenvalue weighted by molar-refractivity contribution is -0.129. The molecule has 1 aliphatic heterocycles. The number of hydrogen-bond acceptors (Lipinski definition) is 3. The number of hydrogen-bond donors (Lipinski definition) is 0. The van der Waals surface area contributed by atoms with Gasteiger partial charge in [-0.1, -0.05) is 60.2 Å². The van der Waals surface area contributed by atoms with Gasteiger partial charge in [0.05, 0.1) is 0 Å². The normalized spacial score (nSPS) is 15.6. The van der Waals surface area contributed by atoms with Crippen molar-refractivity contribution in [2.45, 2.75) is 6.92 Å². The van der Waals surface area contributed by atoms with Crippen molar-refractivity contribution in [2.24, 2.45) is 4.99 Å². The van der Waals surface area contributed by atoms with Gasteiger partial charge in [0.2, 0.25) is 5.90 Å². The number of carbonyl (C=O) groups excluding carboxylic acids is 1. The van der Waals surface area contributed by atoms with E-state index >= 15 is 0 Å². The molecule has 3 nitrogen and oxygen atoms in total. The topological polar surface area (TPSA) is 38.7 Å². The van der Waals surface area contributed by atoms with E-state index in [1.54, 1.807) is 6.08 Å². The maximum Gasteiger partial charge on any atom is 0.363 e. The summed E-state index contributed by atoms with van der Waals surface area (Å²) in [6, 6.07) is 21.8. The second-order valence-corrected chi connectivity index (χ2v) is 5.77. The predicted molar refractivity (Wildman–Crippen MR) is 95.7 cm³/mol. The van der Waals surface area contributed by atoms with Crippen molar-refractivity contribution in [2.75, 3.05) is 0 Å². The molecule has 116 valence electrons. The van der Waals surface area contributed by atoms with E-state index < -0.39 is 5.97 Å². The minimum Gasteiger partial charge on any atom is -0.402 e. The van der Waals surface area contributed by atoms with E-state index in [2.05, 4.69) is 4.99 Å². The molecular formula is C21H15NO2. The fourth-order valence-corrected chi connectivity index (χ4v) is 2.83. The third-order valence-electron chi connectivity index (χ3n) is 4.00. The zero-order valence-electron chi connectivity index (χ0n) is 13.2. The van der Waals surface area contributed by atoms with E-state index in [4.69, 9.17) is 4.74 Å². The quantitative estimate of drug-likeness (QED) is 0.516. The van der Waals surface area contributed by atoms with Crippen LogP contribution in [0.2, 0.25) is 0 Å². The van der Waals surface area contributed by atoms with Gasteiger partial charge in [-0.15, -0.1) is 0 Å². The number of carbonyl (C=O) groups is 1. The predicted octanol–water partition coefficient (Wildman–Crippen LogP) is 4.49. The molecule has 0 saturated heterocycles. The van der Waals surface area contributed by atoms with E-state index in [-0.39, 0.29) is 0 Å². The van der Waals surface area contributed by atoms with Crippen molar-refractivity contribution >= 4 is 28.7 Å². The van der Waals surface area contributed by atoms with Gasteiger partial charge < -0.3 is 4.74 Å². The van der Waals surface area contributed by atoms with Crippen LogP contribution in [0, 0.1) is 6.92 Å². The van der Waals surface area contributed by atoms with Crippen molar-refractivity contribution in [3.05, 3.63) is 89.1 Å². The number of esters is 1. The Kier molecular flexibility index (Phi) is 3.47. The first kappa shape index (κ1) is 14.4. The van der Waals surface area contributed by atoms with Crippen LogP contribution >= 0.6 is 0 Å². The number of nitrogens with zero attached hydrogens (tertiary/aromatic N) is 1. The van der Waals surface area contributed by atoms with Crippen LogP contribution in [0.1, 0.15) is 16.7 Å². The average Bonchev–Trinajstić information content (AvgIpc) is 2.96. The molecule has 3 heteroatoms. The highest BCUT2D eigenvalue weighted by molar-refractivity contribution is 6.13. The van der Waals surface area contributed by atoms with E-state index in [9.17, 15) is 4.79 Å². The standard InChI is InChI=1S/C21H15NO2/c1-14-6-4-10-17(12-14)20-22-19(21(23)24-20)13-16-9-5-8-15-7-2-3-11-18(15)16/h2-13H,1H3/b19-13+. The zero-order chi connectivity index (χ0) is 16.5. The Hall–Kier alpha value is -3.20. The van der Waals surface area contributed by atoms with E-state index in [0.717, 1.165) is 27.5 Å². The Balaban J connectivity index is 1.78. The molecule has 0 amide bonds. The number of fused-ring (bicyclic) bond motifs is 1. The second kappa shape index (κ2) is 5.78. The molecule has 0 unspecified atom stereocenters. The summed E-state index contributed by atoms with van der Waals surface area (Å²) >= 11 is 0. The molecule has 0 bridgehead atoms. The van der Waals surface area contributed by atoms with Crippen molar-refractivity contribution in [1.82, 2.24) is 0 Å². The van der Waals surface area contributed by atoms with Crippen LogP contribution in [-0.2, 0) is 9.53 Å². The summed E-state index contributed by atoms with van der Waals surface area (Å²) in [5.74, 6) is -0.0605. The highest BCUT2D eigenvalue weighted by atomic mass is 16.6. The first-order valence-corrected chi connectivity index (χ1v) is 7.78.